The molecule has 25 heavy (non-hydrogen) atoms. The predicted octanol–water partition coefficient (Wildman–Crippen LogP) is 2.57. The van der Waals surface area contributed by atoms with E-state index in [1.165, 1.54) is 4.68 Å². The molecule has 1 aliphatic heterocycles. The Labute approximate surface area is 142 Å². The molecular formula is C17H18F3N3O2. The van der Waals surface area contributed by atoms with Crippen LogP contribution < -0.4 is 5.56 Å². The molecule has 0 spiro atoms. The fraction of sp³-hybridized carbons (Fsp3) is 0.412. The minimum absolute atomic E-state index is 0.0890. The summed E-state index contributed by atoms with van der Waals surface area (Å²) in [4.78, 5) is 24.9. The highest BCUT2D eigenvalue weighted by molar-refractivity contribution is 5.82. The Hall–Kier alpha value is -2.51. The smallest absolute Gasteiger partial charge is 0.332 e. The highest BCUT2D eigenvalue weighted by atomic mass is 19.4. The summed E-state index contributed by atoms with van der Waals surface area (Å²) in [5.41, 5.74) is 1.42. The van der Waals surface area contributed by atoms with Gasteiger partial charge in [0.2, 0.25) is 0 Å². The molecule has 5 nitrogen and oxygen atoms in total. The van der Waals surface area contributed by atoms with E-state index in [2.05, 4.69) is 5.10 Å². The van der Waals surface area contributed by atoms with Crippen LogP contribution in [-0.4, -0.2) is 39.4 Å². The average Bonchev–Trinajstić information content (AvgIpc) is 3.14. The molecule has 0 bridgehead atoms. The van der Waals surface area contributed by atoms with Crippen LogP contribution in [0.25, 0.3) is 5.69 Å². The van der Waals surface area contributed by atoms with Crippen LogP contribution in [0.5, 0.6) is 0 Å². The Morgan fingerprint density at radius 2 is 1.96 bits per heavy atom. The second kappa shape index (κ2) is 6.42. The van der Waals surface area contributed by atoms with E-state index in [1.807, 2.05) is 6.07 Å². The first kappa shape index (κ1) is 17.3. The van der Waals surface area contributed by atoms with Crippen LogP contribution >= 0.6 is 0 Å². The number of amides is 1. The standard InChI is InChI=1S/C17H18F3N3O2/c1-11-14(21-23(15(11)24)12-6-3-2-4-7-12)10-13-8-5-9-22(13)16(25)17(18,19)20/h2-4,6-7,13,21H,5,8-10H2,1H3/t13-/m1/s1. The molecule has 3 rings (SSSR count). The van der Waals surface area contributed by atoms with Gasteiger partial charge in [0, 0.05) is 30.3 Å². The molecule has 8 heteroatoms. The highest BCUT2D eigenvalue weighted by Gasteiger charge is 2.46. The molecule has 1 aromatic heterocycles. The van der Waals surface area contributed by atoms with Gasteiger partial charge in [-0.25, -0.2) is 4.68 Å². The van der Waals surface area contributed by atoms with E-state index in [4.69, 9.17) is 0 Å². The quantitative estimate of drug-likeness (QED) is 0.922. The van der Waals surface area contributed by atoms with Crippen molar-refractivity contribution in [3.8, 4) is 5.69 Å². The van der Waals surface area contributed by atoms with E-state index in [1.54, 1.807) is 31.2 Å². The number of nitrogens with zero attached hydrogens (tertiary/aromatic N) is 2. The Bertz CT molecular complexity index is 824. The predicted molar refractivity (Wildman–Crippen MR) is 85.6 cm³/mol. The molecule has 1 N–H and O–H groups in total. The average molecular weight is 353 g/mol. The molecule has 0 aliphatic carbocycles. The lowest BCUT2D eigenvalue weighted by molar-refractivity contribution is -0.186. The first-order chi connectivity index (χ1) is 11.8. The number of carbonyl (C=O) groups is 1. The zero-order chi connectivity index (χ0) is 18.2. The van der Waals surface area contributed by atoms with Crippen molar-refractivity contribution in [2.24, 2.45) is 0 Å². The number of carbonyl (C=O) groups excluding carboxylic acids is 1. The molecule has 1 aromatic carbocycles. The van der Waals surface area contributed by atoms with Gasteiger partial charge >= 0.3 is 12.1 Å². The van der Waals surface area contributed by atoms with Crippen molar-refractivity contribution < 1.29 is 18.0 Å². The lowest BCUT2D eigenvalue weighted by Gasteiger charge is -2.25. The van der Waals surface area contributed by atoms with Crippen LogP contribution in [0.2, 0.25) is 0 Å². The number of nitrogens with one attached hydrogen (secondary N) is 1. The maximum absolute atomic E-state index is 12.7. The third kappa shape index (κ3) is 3.33. The number of hydrogen-bond donors (Lipinski definition) is 1. The van der Waals surface area contributed by atoms with Crippen molar-refractivity contribution in [2.75, 3.05) is 6.54 Å². The van der Waals surface area contributed by atoms with E-state index < -0.39 is 18.1 Å². The third-order valence-corrected chi connectivity index (χ3v) is 4.56. The number of likely N-dealkylation sites (tertiary alicyclic amines) is 1. The molecule has 134 valence electrons. The monoisotopic (exact) mass is 353 g/mol. The summed E-state index contributed by atoms with van der Waals surface area (Å²) in [5.74, 6) is -1.81. The van der Waals surface area contributed by atoms with Gasteiger partial charge in [-0.05, 0) is 31.9 Å². The summed E-state index contributed by atoms with van der Waals surface area (Å²) < 4.78 is 39.6. The van der Waals surface area contributed by atoms with Crippen molar-refractivity contribution in [1.29, 1.82) is 0 Å². The van der Waals surface area contributed by atoms with Gasteiger partial charge in [0.05, 0.1) is 5.69 Å². The number of rotatable bonds is 3. The van der Waals surface area contributed by atoms with Crippen molar-refractivity contribution in [1.82, 2.24) is 14.7 Å². The minimum Gasteiger partial charge on any atom is -0.332 e. The number of halogens is 3. The van der Waals surface area contributed by atoms with Gasteiger partial charge in [0.25, 0.3) is 5.56 Å². The van der Waals surface area contributed by atoms with Gasteiger partial charge in [-0.15, -0.1) is 0 Å². The number of aromatic amines is 1. The molecule has 0 saturated carbocycles. The Morgan fingerprint density at radius 1 is 1.28 bits per heavy atom. The fourth-order valence-electron chi connectivity index (χ4n) is 3.24. The summed E-state index contributed by atoms with van der Waals surface area (Å²) in [6.45, 7) is 1.73. The van der Waals surface area contributed by atoms with Crippen LogP contribution in [-0.2, 0) is 11.2 Å². The van der Waals surface area contributed by atoms with Crippen molar-refractivity contribution in [3.05, 3.63) is 51.9 Å². The van der Waals surface area contributed by atoms with E-state index in [9.17, 15) is 22.8 Å². The summed E-state index contributed by atoms with van der Waals surface area (Å²) in [6, 6.07) is 8.36. The van der Waals surface area contributed by atoms with E-state index in [0.717, 1.165) is 4.90 Å². The molecular weight excluding hydrogens is 335 g/mol. The molecule has 1 fully saturated rings. The maximum Gasteiger partial charge on any atom is 0.471 e. The summed E-state index contributed by atoms with van der Waals surface area (Å²) in [5, 5.41) is 2.98. The largest absolute Gasteiger partial charge is 0.471 e. The van der Waals surface area contributed by atoms with E-state index >= 15 is 0 Å². The molecule has 2 heterocycles. The number of H-pyrrole nitrogens is 1. The molecule has 1 aliphatic rings. The number of aromatic nitrogens is 2. The van der Waals surface area contributed by atoms with Crippen LogP contribution in [0.4, 0.5) is 13.2 Å². The van der Waals surface area contributed by atoms with Crippen molar-refractivity contribution in [2.45, 2.75) is 38.4 Å². The topological polar surface area (TPSA) is 58.1 Å². The van der Waals surface area contributed by atoms with Gasteiger partial charge in [0.15, 0.2) is 0 Å². The number of alkyl halides is 3. The molecule has 1 amide bonds. The number of benzene rings is 1. The lowest BCUT2D eigenvalue weighted by Crippen LogP contribution is -2.44. The fourth-order valence-corrected chi connectivity index (χ4v) is 3.24. The summed E-state index contributed by atoms with van der Waals surface area (Å²) >= 11 is 0. The molecule has 1 atom stereocenters. The van der Waals surface area contributed by atoms with Crippen LogP contribution in [0.15, 0.2) is 35.1 Å². The van der Waals surface area contributed by atoms with Gasteiger partial charge in [-0.2, -0.15) is 13.2 Å². The normalized spacial score (nSPS) is 17.9. The van der Waals surface area contributed by atoms with Gasteiger partial charge < -0.3 is 4.90 Å². The molecule has 0 radical (unpaired) electrons. The lowest BCUT2D eigenvalue weighted by atomic mass is 10.1. The first-order valence-electron chi connectivity index (χ1n) is 8.02. The van der Waals surface area contributed by atoms with Crippen molar-refractivity contribution in [3.63, 3.8) is 0 Å². The third-order valence-electron chi connectivity index (χ3n) is 4.56. The Morgan fingerprint density at radius 3 is 2.60 bits per heavy atom. The van der Waals surface area contributed by atoms with Crippen LogP contribution in [0.3, 0.4) is 0 Å². The first-order valence-corrected chi connectivity index (χ1v) is 8.02. The zero-order valence-corrected chi connectivity index (χ0v) is 13.6. The number of para-hydroxylation sites is 1. The van der Waals surface area contributed by atoms with E-state index in [-0.39, 0.29) is 18.5 Å². The number of hydrogen-bond acceptors (Lipinski definition) is 2. The Balaban J connectivity index is 1.86. The van der Waals surface area contributed by atoms with Crippen molar-refractivity contribution >= 4 is 5.91 Å². The Kier molecular flexibility index (Phi) is 4.45. The molecule has 1 saturated heterocycles. The zero-order valence-electron chi connectivity index (χ0n) is 13.6. The molecule has 2 aromatic rings. The summed E-state index contributed by atoms with van der Waals surface area (Å²) in [7, 11) is 0. The van der Waals surface area contributed by atoms with Gasteiger partial charge in [0.1, 0.15) is 0 Å². The van der Waals surface area contributed by atoms with Gasteiger partial charge in [-0.3, -0.25) is 14.7 Å². The minimum atomic E-state index is -4.87. The second-order valence-electron chi connectivity index (χ2n) is 6.19. The maximum atomic E-state index is 12.7. The van der Waals surface area contributed by atoms with Gasteiger partial charge in [-0.1, -0.05) is 18.2 Å². The second-order valence-corrected chi connectivity index (χ2v) is 6.19. The highest BCUT2D eigenvalue weighted by Crippen LogP contribution is 2.27. The van der Waals surface area contributed by atoms with Crippen LogP contribution in [0, 0.1) is 6.92 Å². The molecule has 0 unspecified atom stereocenters. The van der Waals surface area contributed by atoms with Crippen LogP contribution in [0.1, 0.15) is 24.1 Å². The SMILES string of the molecule is Cc1c(C[C@H]2CCCN2C(=O)C(F)(F)F)[nH]n(-c2ccccc2)c1=O. The summed E-state index contributed by atoms with van der Waals surface area (Å²) in [6.07, 6.45) is -3.67. The van der Waals surface area contributed by atoms with E-state index in [0.29, 0.717) is 29.8 Å².